The lowest BCUT2D eigenvalue weighted by atomic mass is 10.1. The molecule has 0 saturated heterocycles. The standard InChI is InChI=1S/C17H12ClFN2/c1-11-2-7-14-15(9-20)17(18)21(16(14)8-11)10-12-3-5-13(19)6-4-12/h2-8H,10H2,1H3. The van der Waals surface area contributed by atoms with Crippen molar-refractivity contribution in [3.8, 4) is 6.07 Å². The Hall–Kier alpha value is -2.31. The zero-order chi connectivity index (χ0) is 15.0. The summed E-state index contributed by atoms with van der Waals surface area (Å²) in [6.07, 6.45) is 0. The van der Waals surface area contributed by atoms with E-state index in [1.54, 1.807) is 12.1 Å². The first-order valence-corrected chi connectivity index (χ1v) is 6.91. The van der Waals surface area contributed by atoms with E-state index in [1.807, 2.05) is 29.7 Å². The molecule has 0 fully saturated rings. The van der Waals surface area contributed by atoms with Crippen molar-refractivity contribution in [2.75, 3.05) is 0 Å². The average molecular weight is 299 g/mol. The molecule has 0 spiro atoms. The summed E-state index contributed by atoms with van der Waals surface area (Å²) in [5, 5.41) is 10.6. The van der Waals surface area contributed by atoms with Crippen molar-refractivity contribution in [3.63, 3.8) is 0 Å². The molecule has 104 valence electrons. The van der Waals surface area contributed by atoms with E-state index >= 15 is 0 Å². The van der Waals surface area contributed by atoms with Crippen LogP contribution in [0.25, 0.3) is 10.9 Å². The highest BCUT2D eigenvalue weighted by molar-refractivity contribution is 6.32. The smallest absolute Gasteiger partial charge is 0.128 e. The van der Waals surface area contributed by atoms with Crippen LogP contribution >= 0.6 is 11.6 Å². The first-order chi connectivity index (χ1) is 10.1. The maximum atomic E-state index is 13.0. The van der Waals surface area contributed by atoms with Gasteiger partial charge in [-0.05, 0) is 36.2 Å². The molecule has 0 unspecified atom stereocenters. The molecule has 0 radical (unpaired) electrons. The second-order valence-corrected chi connectivity index (χ2v) is 5.37. The SMILES string of the molecule is Cc1ccc2c(C#N)c(Cl)n(Cc3ccc(F)cc3)c2c1. The summed E-state index contributed by atoms with van der Waals surface area (Å²) in [7, 11) is 0. The molecule has 4 heteroatoms. The van der Waals surface area contributed by atoms with Gasteiger partial charge in [-0.25, -0.2) is 4.39 Å². The molecule has 3 rings (SSSR count). The highest BCUT2D eigenvalue weighted by Gasteiger charge is 2.15. The van der Waals surface area contributed by atoms with Crippen LogP contribution in [0, 0.1) is 24.1 Å². The Labute approximate surface area is 127 Å². The number of benzene rings is 2. The summed E-state index contributed by atoms with van der Waals surface area (Å²) in [6, 6.07) is 14.3. The van der Waals surface area contributed by atoms with Crippen LogP contribution in [-0.2, 0) is 6.54 Å². The normalized spacial score (nSPS) is 10.8. The van der Waals surface area contributed by atoms with Gasteiger partial charge in [-0.2, -0.15) is 5.26 Å². The Morgan fingerprint density at radius 3 is 2.57 bits per heavy atom. The summed E-state index contributed by atoms with van der Waals surface area (Å²) in [6.45, 7) is 2.50. The Morgan fingerprint density at radius 1 is 1.19 bits per heavy atom. The van der Waals surface area contributed by atoms with Crippen LogP contribution < -0.4 is 0 Å². The molecule has 0 N–H and O–H groups in total. The number of nitrogens with zero attached hydrogens (tertiary/aromatic N) is 2. The van der Waals surface area contributed by atoms with Crippen molar-refractivity contribution < 1.29 is 4.39 Å². The third-order valence-corrected chi connectivity index (χ3v) is 3.92. The summed E-state index contributed by atoms with van der Waals surface area (Å²) < 4.78 is 14.9. The Balaban J connectivity index is 2.17. The molecule has 0 bridgehead atoms. The van der Waals surface area contributed by atoms with Crippen molar-refractivity contribution in [1.29, 1.82) is 5.26 Å². The zero-order valence-corrected chi connectivity index (χ0v) is 12.2. The lowest BCUT2D eigenvalue weighted by molar-refractivity contribution is 0.626. The molecule has 21 heavy (non-hydrogen) atoms. The van der Waals surface area contributed by atoms with Gasteiger partial charge in [0.05, 0.1) is 11.1 Å². The molecule has 1 aromatic heterocycles. The minimum Gasteiger partial charge on any atom is -0.326 e. The van der Waals surface area contributed by atoms with Crippen LogP contribution in [-0.4, -0.2) is 4.57 Å². The van der Waals surface area contributed by atoms with Gasteiger partial charge in [-0.15, -0.1) is 0 Å². The minimum atomic E-state index is -0.268. The summed E-state index contributed by atoms with van der Waals surface area (Å²) in [4.78, 5) is 0. The second kappa shape index (κ2) is 5.23. The van der Waals surface area contributed by atoms with E-state index in [2.05, 4.69) is 6.07 Å². The quantitative estimate of drug-likeness (QED) is 0.676. The summed E-state index contributed by atoms with van der Waals surface area (Å²) in [5.41, 5.74) is 3.43. The van der Waals surface area contributed by atoms with Gasteiger partial charge in [-0.3, -0.25) is 0 Å². The summed E-state index contributed by atoms with van der Waals surface area (Å²) in [5.74, 6) is -0.268. The molecule has 3 aromatic rings. The van der Waals surface area contributed by atoms with Gasteiger partial charge in [0.25, 0.3) is 0 Å². The fourth-order valence-electron chi connectivity index (χ4n) is 2.46. The number of nitriles is 1. The maximum Gasteiger partial charge on any atom is 0.128 e. The molecule has 0 amide bonds. The lowest BCUT2D eigenvalue weighted by Crippen LogP contribution is -2.00. The van der Waals surface area contributed by atoms with Crippen LogP contribution in [0.3, 0.4) is 0 Å². The molecular formula is C17H12ClFN2. The second-order valence-electron chi connectivity index (χ2n) is 5.01. The van der Waals surface area contributed by atoms with Gasteiger partial charge in [0, 0.05) is 11.9 Å². The number of halogens is 2. The van der Waals surface area contributed by atoms with E-state index in [4.69, 9.17) is 11.6 Å². The van der Waals surface area contributed by atoms with E-state index in [0.717, 1.165) is 22.0 Å². The first-order valence-electron chi connectivity index (χ1n) is 6.53. The van der Waals surface area contributed by atoms with Crippen molar-refractivity contribution in [2.45, 2.75) is 13.5 Å². The topological polar surface area (TPSA) is 28.7 Å². The number of fused-ring (bicyclic) bond motifs is 1. The molecule has 0 saturated carbocycles. The number of hydrogen-bond donors (Lipinski definition) is 0. The molecular weight excluding hydrogens is 287 g/mol. The monoisotopic (exact) mass is 298 g/mol. The molecule has 0 aliphatic carbocycles. The number of aryl methyl sites for hydroxylation is 1. The molecule has 1 heterocycles. The van der Waals surface area contributed by atoms with Gasteiger partial charge in [0.2, 0.25) is 0 Å². The van der Waals surface area contributed by atoms with Crippen molar-refractivity contribution in [2.24, 2.45) is 0 Å². The van der Waals surface area contributed by atoms with E-state index in [0.29, 0.717) is 17.3 Å². The van der Waals surface area contributed by atoms with Gasteiger partial charge in [0.15, 0.2) is 0 Å². The van der Waals surface area contributed by atoms with E-state index in [-0.39, 0.29) is 5.82 Å². The number of hydrogen-bond acceptors (Lipinski definition) is 1. The van der Waals surface area contributed by atoms with Crippen molar-refractivity contribution >= 4 is 22.5 Å². The number of aromatic nitrogens is 1. The maximum absolute atomic E-state index is 13.0. The van der Waals surface area contributed by atoms with Gasteiger partial charge in [-0.1, -0.05) is 35.9 Å². The predicted octanol–water partition coefficient (Wildman–Crippen LogP) is 4.66. The van der Waals surface area contributed by atoms with E-state index in [1.165, 1.54) is 12.1 Å². The highest BCUT2D eigenvalue weighted by Crippen LogP contribution is 2.31. The summed E-state index contributed by atoms with van der Waals surface area (Å²) >= 11 is 6.35. The van der Waals surface area contributed by atoms with E-state index < -0.39 is 0 Å². The van der Waals surface area contributed by atoms with Crippen LogP contribution in [0.1, 0.15) is 16.7 Å². The Morgan fingerprint density at radius 2 is 1.90 bits per heavy atom. The van der Waals surface area contributed by atoms with Crippen LogP contribution in [0.4, 0.5) is 4.39 Å². The van der Waals surface area contributed by atoms with Crippen LogP contribution in [0.2, 0.25) is 5.15 Å². The Bertz CT molecular complexity index is 857. The third kappa shape index (κ3) is 2.39. The van der Waals surface area contributed by atoms with Gasteiger partial charge < -0.3 is 4.57 Å². The first kappa shape index (κ1) is 13.7. The molecule has 0 atom stereocenters. The van der Waals surface area contributed by atoms with E-state index in [9.17, 15) is 9.65 Å². The zero-order valence-electron chi connectivity index (χ0n) is 11.4. The average Bonchev–Trinajstić information content (AvgIpc) is 2.73. The predicted molar refractivity (Wildman–Crippen MR) is 81.9 cm³/mol. The third-order valence-electron chi connectivity index (χ3n) is 3.52. The Kier molecular flexibility index (Phi) is 3.40. The largest absolute Gasteiger partial charge is 0.326 e. The molecule has 2 aromatic carbocycles. The minimum absolute atomic E-state index is 0.268. The lowest BCUT2D eigenvalue weighted by Gasteiger charge is -2.08. The van der Waals surface area contributed by atoms with Gasteiger partial charge >= 0.3 is 0 Å². The van der Waals surface area contributed by atoms with Crippen LogP contribution in [0.15, 0.2) is 42.5 Å². The fraction of sp³-hybridized carbons (Fsp3) is 0.118. The van der Waals surface area contributed by atoms with Crippen molar-refractivity contribution in [1.82, 2.24) is 4.57 Å². The molecule has 2 nitrogen and oxygen atoms in total. The van der Waals surface area contributed by atoms with Crippen molar-refractivity contribution in [3.05, 3.63) is 70.1 Å². The van der Waals surface area contributed by atoms with Gasteiger partial charge in [0.1, 0.15) is 17.0 Å². The molecule has 0 aliphatic heterocycles. The molecule has 0 aliphatic rings. The highest BCUT2D eigenvalue weighted by atomic mass is 35.5. The number of rotatable bonds is 2. The fourth-order valence-corrected chi connectivity index (χ4v) is 2.76. The van der Waals surface area contributed by atoms with Crippen LogP contribution in [0.5, 0.6) is 0 Å².